The predicted molar refractivity (Wildman–Crippen MR) is 35.0 cm³/mol. The fourth-order valence-corrected chi connectivity index (χ4v) is 1.06. The molecule has 12 heavy (non-hydrogen) atoms. The van der Waals surface area contributed by atoms with Crippen LogP contribution in [0.4, 0.5) is 0 Å². The van der Waals surface area contributed by atoms with Crippen LogP contribution in [0.1, 0.15) is 0 Å². The number of hydrogen-bond donors (Lipinski definition) is 4. The summed E-state index contributed by atoms with van der Waals surface area (Å²) in [6.07, 6.45) is -4.21. The molecule has 1 fully saturated rings. The van der Waals surface area contributed by atoms with Crippen molar-refractivity contribution in [2.24, 2.45) is 0 Å². The van der Waals surface area contributed by atoms with Gasteiger partial charge in [0.2, 0.25) is 5.79 Å². The van der Waals surface area contributed by atoms with Gasteiger partial charge in [0.25, 0.3) is 0 Å². The Morgan fingerprint density at radius 2 is 2.08 bits per heavy atom. The first-order chi connectivity index (χ1) is 5.55. The van der Waals surface area contributed by atoms with Crippen LogP contribution >= 0.6 is 0 Å². The van der Waals surface area contributed by atoms with E-state index >= 15 is 0 Å². The zero-order valence-corrected chi connectivity index (χ0v) is 6.12. The number of carbonyl (C=O) groups is 1. The molecule has 0 spiro atoms. The minimum absolute atomic E-state index is 0.252. The average Bonchev–Trinajstić information content (AvgIpc) is 2.31. The average molecular weight is 178 g/mol. The van der Waals surface area contributed by atoms with Crippen molar-refractivity contribution in [2.45, 2.75) is 24.1 Å². The van der Waals surface area contributed by atoms with E-state index in [1.807, 2.05) is 0 Å². The molecule has 0 aromatic carbocycles. The lowest BCUT2D eigenvalue weighted by molar-refractivity contribution is -0.242. The lowest BCUT2D eigenvalue weighted by Gasteiger charge is -2.22. The number of aliphatic hydroxyl groups excluding tert-OH is 3. The highest BCUT2D eigenvalue weighted by Gasteiger charge is 2.52. The van der Waals surface area contributed by atoms with Gasteiger partial charge in [0.05, 0.1) is 6.61 Å². The second kappa shape index (κ2) is 3.08. The third kappa shape index (κ3) is 1.23. The number of hydrogen-bond acceptors (Lipinski definition) is 6. The van der Waals surface area contributed by atoms with Gasteiger partial charge in [-0.15, -0.1) is 0 Å². The summed E-state index contributed by atoms with van der Waals surface area (Å²) in [5.41, 5.74) is 0. The molecule has 0 aliphatic carbocycles. The number of aldehydes is 1. The molecule has 0 aromatic heterocycles. The normalized spacial score (nSPS) is 47.8. The molecule has 6 nitrogen and oxygen atoms in total. The quantitative estimate of drug-likeness (QED) is 0.335. The van der Waals surface area contributed by atoms with Crippen LogP contribution in [-0.4, -0.2) is 57.4 Å². The van der Waals surface area contributed by atoms with Crippen LogP contribution in [0, 0.1) is 0 Å². The molecule has 0 bridgehead atoms. The highest BCUT2D eigenvalue weighted by Crippen LogP contribution is 2.27. The van der Waals surface area contributed by atoms with Crippen molar-refractivity contribution >= 4 is 6.29 Å². The van der Waals surface area contributed by atoms with E-state index in [0.29, 0.717) is 0 Å². The van der Waals surface area contributed by atoms with E-state index in [0.717, 1.165) is 0 Å². The van der Waals surface area contributed by atoms with Crippen molar-refractivity contribution < 1.29 is 30.0 Å². The van der Waals surface area contributed by atoms with E-state index in [1.165, 1.54) is 0 Å². The van der Waals surface area contributed by atoms with Gasteiger partial charge >= 0.3 is 0 Å². The van der Waals surface area contributed by atoms with Gasteiger partial charge in [0.1, 0.15) is 18.3 Å². The van der Waals surface area contributed by atoms with Gasteiger partial charge in [-0.3, -0.25) is 0 Å². The van der Waals surface area contributed by atoms with Gasteiger partial charge < -0.3 is 30.0 Å². The highest BCUT2D eigenvalue weighted by atomic mass is 16.7. The Hall–Kier alpha value is -0.530. The summed E-state index contributed by atoms with van der Waals surface area (Å²) in [6, 6.07) is 0. The molecule has 4 atom stereocenters. The van der Waals surface area contributed by atoms with Gasteiger partial charge in [-0.2, -0.15) is 0 Å². The van der Waals surface area contributed by atoms with Crippen molar-refractivity contribution in [1.29, 1.82) is 0 Å². The first kappa shape index (κ1) is 9.56. The second-order valence-corrected chi connectivity index (χ2v) is 2.66. The number of ether oxygens (including phenoxy) is 1. The lowest BCUT2D eigenvalue weighted by Crippen LogP contribution is -2.46. The van der Waals surface area contributed by atoms with E-state index in [2.05, 4.69) is 4.74 Å². The molecule has 1 aliphatic heterocycles. The molecule has 0 radical (unpaired) electrons. The van der Waals surface area contributed by atoms with Crippen LogP contribution in [0.15, 0.2) is 0 Å². The fourth-order valence-electron chi connectivity index (χ4n) is 1.06. The number of carbonyl (C=O) groups excluding carboxylic acids is 1. The maximum absolute atomic E-state index is 10.2. The smallest absolute Gasteiger partial charge is 0.219 e. The van der Waals surface area contributed by atoms with Crippen LogP contribution < -0.4 is 0 Å². The highest BCUT2D eigenvalue weighted by molar-refractivity contribution is 5.58. The first-order valence-corrected chi connectivity index (χ1v) is 3.37. The first-order valence-electron chi connectivity index (χ1n) is 3.37. The third-order valence-electron chi connectivity index (χ3n) is 1.82. The zero-order chi connectivity index (χ0) is 9.35. The van der Waals surface area contributed by atoms with E-state index < -0.39 is 30.7 Å². The molecule has 6 heteroatoms. The Balaban J connectivity index is 2.79. The van der Waals surface area contributed by atoms with Gasteiger partial charge in [0, 0.05) is 0 Å². The summed E-state index contributed by atoms with van der Waals surface area (Å²) in [5.74, 6) is -2.23. The summed E-state index contributed by atoms with van der Waals surface area (Å²) in [6.45, 7) is -0.879. The Morgan fingerprint density at radius 1 is 1.50 bits per heavy atom. The molecule has 1 rings (SSSR count). The predicted octanol–water partition coefficient (Wildman–Crippen LogP) is -3.01. The van der Waals surface area contributed by atoms with Crippen molar-refractivity contribution in [3.63, 3.8) is 0 Å². The van der Waals surface area contributed by atoms with E-state index in [4.69, 9.17) is 15.3 Å². The fraction of sp³-hybridized carbons (Fsp3) is 0.833. The summed E-state index contributed by atoms with van der Waals surface area (Å²) in [4.78, 5) is 10.2. The standard InChI is InChI=1S/C6H10O6/c7-1-3-4(9)5(10)6(11,2-8)12-3/h1,3-5,8-11H,2H2/t3-,4-,5-,6+/m1/s1. The second-order valence-electron chi connectivity index (χ2n) is 2.66. The molecule has 0 amide bonds. The lowest BCUT2D eigenvalue weighted by atomic mass is 10.1. The molecule has 1 saturated heterocycles. The number of aliphatic hydroxyl groups is 4. The molecule has 1 heterocycles. The van der Waals surface area contributed by atoms with Gasteiger partial charge in [-0.05, 0) is 0 Å². The van der Waals surface area contributed by atoms with Crippen molar-refractivity contribution in [3.8, 4) is 0 Å². The van der Waals surface area contributed by atoms with E-state index in [-0.39, 0.29) is 6.29 Å². The molecule has 0 unspecified atom stereocenters. The minimum Gasteiger partial charge on any atom is -0.391 e. The SMILES string of the molecule is O=C[C@H]1O[C@@](O)(CO)[C@H](O)[C@@H]1O. The van der Waals surface area contributed by atoms with Crippen LogP contribution in [0.3, 0.4) is 0 Å². The monoisotopic (exact) mass is 178 g/mol. The van der Waals surface area contributed by atoms with Gasteiger partial charge in [-0.1, -0.05) is 0 Å². The summed E-state index contributed by atoms with van der Waals surface area (Å²) in [7, 11) is 0. The number of rotatable bonds is 2. The van der Waals surface area contributed by atoms with E-state index in [1.54, 1.807) is 0 Å². The Kier molecular flexibility index (Phi) is 2.45. The zero-order valence-electron chi connectivity index (χ0n) is 6.12. The van der Waals surface area contributed by atoms with Crippen molar-refractivity contribution in [1.82, 2.24) is 0 Å². The molecule has 70 valence electrons. The Morgan fingerprint density at radius 3 is 2.33 bits per heavy atom. The van der Waals surface area contributed by atoms with Crippen LogP contribution in [0.5, 0.6) is 0 Å². The Bertz CT molecular complexity index is 183. The molecule has 1 aliphatic rings. The van der Waals surface area contributed by atoms with Crippen LogP contribution in [0.2, 0.25) is 0 Å². The van der Waals surface area contributed by atoms with Crippen LogP contribution in [-0.2, 0) is 9.53 Å². The van der Waals surface area contributed by atoms with Gasteiger partial charge in [0.15, 0.2) is 6.29 Å². The summed E-state index contributed by atoms with van der Waals surface area (Å²) >= 11 is 0. The molecule has 0 aromatic rings. The van der Waals surface area contributed by atoms with Crippen molar-refractivity contribution in [2.75, 3.05) is 6.61 Å². The van der Waals surface area contributed by atoms with Gasteiger partial charge in [-0.25, -0.2) is 0 Å². The third-order valence-corrected chi connectivity index (χ3v) is 1.82. The van der Waals surface area contributed by atoms with E-state index in [9.17, 15) is 9.90 Å². The topological polar surface area (TPSA) is 107 Å². The summed E-state index contributed by atoms with van der Waals surface area (Å²) in [5, 5.41) is 35.9. The maximum atomic E-state index is 10.2. The van der Waals surface area contributed by atoms with Crippen molar-refractivity contribution in [3.05, 3.63) is 0 Å². The molecule has 0 saturated carbocycles. The molecule has 4 N–H and O–H groups in total. The Labute approximate surface area is 68.0 Å². The molecular formula is C6H10O6. The maximum Gasteiger partial charge on any atom is 0.219 e. The summed E-state index contributed by atoms with van der Waals surface area (Å²) < 4.78 is 4.51. The van der Waals surface area contributed by atoms with Crippen LogP contribution in [0.25, 0.3) is 0 Å². The minimum atomic E-state index is -2.23. The molecular weight excluding hydrogens is 168 g/mol. The largest absolute Gasteiger partial charge is 0.391 e.